The van der Waals surface area contributed by atoms with Crippen LogP contribution in [-0.2, 0) is 20.5 Å². The molecule has 0 radical (unpaired) electrons. The van der Waals surface area contributed by atoms with E-state index in [4.69, 9.17) is 9.47 Å². The maximum Gasteiger partial charge on any atom is 0.316 e. The van der Waals surface area contributed by atoms with Crippen LogP contribution in [-0.4, -0.2) is 73.4 Å². The summed E-state index contributed by atoms with van der Waals surface area (Å²) in [5.74, 6) is -0.128. The molecule has 0 bridgehead atoms. The minimum absolute atomic E-state index is 0.0955. The van der Waals surface area contributed by atoms with E-state index in [0.717, 1.165) is 0 Å². The zero-order valence-corrected chi connectivity index (χ0v) is 21.7. The largest absolute Gasteiger partial charge is 0.484 e. The molecule has 4 rings (SSSR count). The Balaban J connectivity index is 1.50. The molecule has 38 heavy (non-hydrogen) atoms. The lowest BCUT2D eigenvalue weighted by atomic mass is 10.2. The summed E-state index contributed by atoms with van der Waals surface area (Å²) >= 11 is 0. The number of non-ortho nitro benzene ring substituents is 1. The number of anilines is 1. The minimum atomic E-state index is -3.65. The first-order valence-electron chi connectivity index (χ1n) is 12.1. The number of hydrogen-bond acceptors (Lipinski definition) is 9. The van der Waals surface area contributed by atoms with Gasteiger partial charge in [0, 0.05) is 44.9 Å². The third-order valence-corrected chi connectivity index (χ3v) is 7.91. The molecule has 3 aromatic rings. The Labute approximate surface area is 220 Å². The molecule has 0 spiro atoms. The molecular weight excluding hydrogens is 514 g/mol. The Kier molecular flexibility index (Phi) is 8.71. The van der Waals surface area contributed by atoms with Crippen LogP contribution in [0.25, 0.3) is 5.69 Å². The SMILES string of the molecule is CCOCCOc1c(N2CCN(S(=O)(=O)Cc3ccc([N+](=O)[O-])cc3)CC2)cnn(-c2ccccc2)c1=O. The molecule has 13 heteroatoms. The van der Waals surface area contributed by atoms with Crippen molar-refractivity contribution < 1.29 is 22.8 Å². The van der Waals surface area contributed by atoms with Crippen molar-refractivity contribution in [2.24, 2.45) is 0 Å². The van der Waals surface area contributed by atoms with Crippen molar-refractivity contribution in [1.29, 1.82) is 0 Å². The summed E-state index contributed by atoms with van der Waals surface area (Å²) < 4.78 is 39.9. The van der Waals surface area contributed by atoms with Crippen molar-refractivity contribution >= 4 is 21.4 Å². The number of rotatable bonds is 11. The Bertz CT molecular complexity index is 1400. The first kappa shape index (κ1) is 27.2. The van der Waals surface area contributed by atoms with Crippen molar-refractivity contribution in [2.75, 3.05) is 50.9 Å². The number of nitrogens with zero attached hydrogens (tertiary/aromatic N) is 5. The lowest BCUT2D eigenvalue weighted by Crippen LogP contribution is -2.49. The highest BCUT2D eigenvalue weighted by atomic mass is 32.2. The Hall–Kier alpha value is -3.81. The molecule has 1 saturated heterocycles. The molecule has 0 unspecified atom stereocenters. The molecule has 0 amide bonds. The number of para-hydroxylation sites is 1. The molecule has 202 valence electrons. The number of piperazine rings is 1. The maximum absolute atomic E-state index is 13.3. The van der Waals surface area contributed by atoms with E-state index in [9.17, 15) is 23.3 Å². The van der Waals surface area contributed by atoms with Crippen molar-refractivity contribution in [3.8, 4) is 11.4 Å². The molecule has 1 fully saturated rings. The van der Waals surface area contributed by atoms with Crippen molar-refractivity contribution in [3.63, 3.8) is 0 Å². The molecule has 0 N–H and O–H groups in total. The fourth-order valence-electron chi connectivity index (χ4n) is 4.11. The summed E-state index contributed by atoms with van der Waals surface area (Å²) in [7, 11) is -3.65. The average Bonchev–Trinajstić information content (AvgIpc) is 2.92. The van der Waals surface area contributed by atoms with Crippen LogP contribution in [0.4, 0.5) is 11.4 Å². The summed E-state index contributed by atoms with van der Waals surface area (Å²) in [6, 6.07) is 14.5. The van der Waals surface area contributed by atoms with Gasteiger partial charge in [-0.05, 0) is 24.6 Å². The monoisotopic (exact) mass is 543 g/mol. The van der Waals surface area contributed by atoms with Gasteiger partial charge in [0.05, 0.1) is 29.2 Å². The topological polar surface area (TPSA) is 137 Å². The second kappa shape index (κ2) is 12.2. The molecular formula is C25H29N5O7S. The highest BCUT2D eigenvalue weighted by Gasteiger charge is 2.29. The lowest BCUT2D eigenvalue weighted by molar-refractivity contribution is -0.384. The van der Waals surface area contributed by atoms with Crippen LogP contribution in [0.5, 0.6) is 5.75 Å². The summed E-state index contributed by atoms with van der Waals surface area (Å²) in [5, 5.41) is 15.2. The summed E-state index contributed by atoms with van der Waals surface area (Å²) in [6.45, 7) is 3.96. The van der Waals surface area contributed by atoms with Crippen LogP contribution in [0.3, 0.4) is 0 Å². The summed E-state index contributed by atoms with van der Waals surface area (Å²) in [5.41, 5.74) is 1.05. The van der Waals surface area contributed by atoms with Gasteiger partial charge in [0.1, 0.15) is 12.3 Å². The van der Waals surface area contributed by atoms with Crippen molar-refractivity contribution in [3.05, 3.63) is 86.8 Å². The van der Waals surface area contributed by atoms with Crippen molar-refractivity contribution in [2.45, 2.75) is 12.7 Å². The number of sulfonamides is 1. The van der Waals surface area contributed by atoms with Gasteiger partial charge in [0.15, 0.2) is 0 Å². The number of nitro groups is 1. The standard InChI is InChI=1S/C25H29N5O7S/c1-2-36-16-17-37-24-23(18-26-29(25(24)31)21-6-4-3-5-7-21)27-12-14-28(15-13-27)38(34,35)19-20-8-10-22(11-9-20)30(32)33/h3-11,18H,2,12-17,19H2,1H3. The third-order valence-electron chi connectivity index (χ3n) is 6.06. The molecule has 2 aromatic carbocycles. The molecule has 2 heterocycles. The van der Waals surface area contributed by atoms with Gasteiger partial charge in [0.25, 0.3) is 5.69 Å². The van der Waals surface area contributed by atoms with E-state index in [0.29, 0.717) is 43.2 Å². The third kappa shape index (κ3) is 6.36. The number of nitro benzene ring substituents is 1. The smallest absolute Gasteiger partial charge is 0.316 e. The van der Waals surface area contributed by atoms with E-state index in [1.165, 1.54) is 33.3 Å². The van der Waals surface area contributed by atoms with Gasteiger partial charge in [-0.1, -0.05) is 30.3 Å². The summed E-state index contributed by atoms with van der Waals surface area (Å²) in [4.78, 5) is 25.6. The van der Waals surface area contributed by atoms with Crippen LogP contribution in [0.1, 0.15) is 12.5 Å². The first-order chi connectivity index (χ1) is 18.3. The molecule has 0 saturated carbocycles. The van der Waals surface area contributed by atoms with E-state index in [2.05, 4.69) is 5.10 Å². The van der Waals surface area contributed by atoms with E-state index < -0.39 is 20.5 Å². The predicted molar refractivity (Wildman–Crippen MR) is 141 cm³/mol. The van der Waals surface area contributed by atoms with Gasteiger partial charge < -0.3 is 14.4 Å². The van der Waals surface area contributed by atoms with Gasteiger partial charge in [0.2, 0.25) is 15.8 Å². The Morgan fingerprint density at radius 3 is 2.32 bits per heavy atom. The molecule has 0 atom stereocenters. The highest BCUT2D eigenvalue weighted by Crippen LogP contribution is 2.26. The molecule has 12 nitrogen and oxygen atoms in total. The van der Waals surface area contributed by atoms with Gasteiger partial charge in [-0.3, -0.25) is 14.9 Å². The van der Waals surface area contributed by atoms with E-state index in [1.807, 2.05) is 30.0 Å². The van der Waals surface area contributed by atoms with Crippen LogP contribution in [0, 0.1) is 10.1 Å². The van der Waals surface area contributed by atoms with Crippen LogP contribution in [0.15, 0.2) is 65.6 Å². The van der Waals surface area contributed by atoms with E-state index in [-0.39, 0.29) is 36.9 Å². The Morgan fingerprint density at radius 1 is 1.00 bits per heavy atom. The van der Waals surface area contributed by atoms with Crippen LogP contribution in [0.2, 0.25) is 0 Å². The van der Waals surface area contributed by atoms with Gasteiger partial charge in [-0.2, -0.15) is 14.1 Å². The van der Waals surface area contributed by atoms with Crippen LogP contribution < -0.4 is 15.2 Å². The fraction of sp³-hybridized carbons (Fsp3) is 0.360. The van der Waals surface area contributed by atoms with E-state index >= 15 is 0 Å². The highest BCUT2D eigenvalue weighted by molar-refractivity contribution is 7.88. The zero-order chi connectivity index (χ0) is 27.1. The second-order valence-electron chi connectivity index (χ2n) is 8.52. The second-order valence-corrected chi connectivity index (χ2v) is 10.5. The number of hydrogen-bond donors (Lipinski definition) is 0. The molecule has 1 aliphatic heterocycles. The predicted octanol–water partition coefficient (Wildman–Crippen LogP) is 2.21. The minimum Gasteiger partial charge on any atom is -0.484 e. The zero-order valence-electron chi connectivity index (χ0n) is 20.9. The molecule has 1 aromatic heterocycles. The quantitative estimate of drug-likeness (QED) is 0.202. The van der Waals surface area contributed by atoms with Gasteiger partial charge in [-0.25, -0.2) is 8.42 Å². The maximum atomic E-state index is 13.3. The van der Waals surface area contributed by atoms with Gasteiger partial charge in [-0.15, -0.1) is 0 Å². The van der Waals surface area contributed by atoms with Crippen LogP contribution >= 0.6 is 0 Å². The number of ether oxygens (including phenoxy) is 2. The Morgan fingerprint density at radius 2 is 1.68 bits per heavy atom. The summed E-state index contributed by atoms with van der Waals surface area (Å²) in [6.07, 6.45) is 1.56. The van der Waals surface area contributed by atoms with E-state index in [1.54, 1.807) is 18.3 Å². The fourth-order valence-corrected chi connectivity index (χ4v) is 5.63. The number of benzene rings is 2. The molecule has 0 aliphatic carbocycles. The number of aromatic nitrogens is 2. The first-order valence-corrected chi connectivity index (χ1v) is 13.8. The van der Waals surface area contributed by atoms with Gasteiger partial charge >= 0.3 is 5.56 Å². The normalized spacial score (nSPS) is 14.4. The molecule has 1 aliphatic rings. The lowest BCUT2D eigenvalue weighted by Gasteiger charge is -2.35. The van der Waals surface area contributed by atoms with Crippen molar-refractivity contribution in [1.82, 2.24) is 14.1 Å². The average molecular weight is 544 g/mol.